The highest BCUT2D eigenvalue weighted by Gasteiger charge is 2.28. The zero-order chi connectivity index (χ0) is 17.9. The van der Waals surface area contributed by atoms with E-state index in [9.17, 15) is 4.39 Å². The maximum absolute atomic E-state index is 14.0. The van der Waals surface area contributed by atoms with Crippen LogP contribution in [0.15, 0.2) is 30.3 Å². The summed E-state index contributed by atoms with van der Waals surface area (Å²) in [5, 5.41) is 12.2. The van der Waals surface area contributed by atoms with E-state index in [4.69, 9.17) is 14.7 Å². The average molecular weight is 354 g/mol. The van der Waals surface area contributed by atoms with Gasteiger partial charge in [0, 0.05) is 36.8 Å². The first-order chi connectivity index (χ1) is 12.7. The summed E-state index contributed by atoms with van der Waals surface area (Å²) in [4.78, 5) is 6.92. The molecule has 2 aliphatic heterocycles. The number of piperazine rings is 1. The Morgan fingerprint density at radius 2 is 2.31 bits per heavy atom. The number of anilines is 1. The van der Waals surface area contributed by atoms with E-state index in [1.54, 1.807) is 18.2 Å². The van der Waals surface area contributed by atoms with Crippen molar-refractivity contribution in [3.8, 4) is 11.9 Å². The van der Waals surface area contributed by atoms with Gasteiger partial charge in [-0.15, -0.1) is 0 Å². The van der Waals surface area contributed by atoms with Crippen molar-refractivity contribution >= 4 is 5.82 Å². The molecule has 1 aromatic carbocycles. The molecule has 1 atom stereocenters. The number of rotatable bonds is 3. The Hall–Kier alpha value is -2.69. The molecule has 0 radical (unpaired) electrons. The van der Waals surface area contributed by atoms with E-state index in [0.29, 0.717) is 30.2 Å². The van der Waals surface area contributed by atoms with Gasteiger partial charge in [-0.25, -0.2) is 4.39 Å². The third-order valence-electron chi connectivity index (χ3n) is 4.68. The third-order valence-corrected chi connectivity index (χ3v) is 4.68. The van der Waals surface area contributed by atoms with Crippen LogP contribution >= 0.6 is 0 Å². The predicted octanol–water partition coefficient (Wildman–Crippen LogP) is 1.98. The van der Waals surface area contributed by atoms with Gasteiger partial charge in [0.1, 0.15) is 18.2 Å². The number of nitrogens with one attached hydrogen (secondary N) is 1. The van der Waals surface area contributed by atoms with Crippen LogP contribution in [0.2, 0.25) is 0 Å². The lowest BCUT2D eigenvalue weighted by atomic mass is 10.1. The zero-order valence-corrected chi connectivity index (χ0v) is 14.2. The van der Waals surface area contributed by atoms with Gasteiger partial charge in [0.05, 0.1) is 30.9 Å². The summed E-state index contributed by atoms with van der Waals surface area (Å²) in [7, 11) is 0. The molecule has 4 rings (SSSR count). The smallest absolute Gasteiger partial charge is 0.215 e. The van der Waals surface area contributed by atoms with E-state index >= 15 is 0 Å². The molecular weight excluding hydrogens is 335 g/mol. The van der Waals surface area contributed by atoms with Gasteiger partial charge in [0.15, 0.2) is 0 Å². The van der Waals surface area contributed by atoms with Crippen molar-refractivity contribution in [3.05, 3.63) is 52.8 Å². The second-order valence-electron chi connectivity index (χ2n) is 6.41. The number of nitrogens with zero attached hydrogens (tertiary/aromatic N) is 3. The summed E-state index contributed by atoms with van der Waals surface area (Å²) >= 11 is 0. The lowest BCUT2D eigenvalue weighted by Crippen LogP contribution is -2.53. The van der Waals surface area contributed by atoms with E-state index in [1.165, 1.54) is 6.07 Å². The first-order valence-corrected chi connectivity index (χ1v) is 8.61. The van der Waals surface area contributed by atoms with E-state index in [1.807, 2.05) is 12.1 Å². The number of halogens is 1. The molecule has 6 nitrogen and oxygen atoms in total. The summed E-state index contributed by atoms with van der Waals surface area (Å²) in [6.45, 7) is 3.88. The molecule has 2 aliphatic rings. The Morgan fingerprint density at radius 1 is 1.38 bits per heavy atom. The van der Waals surface area contributed by atoms with Crippen molar-refractivity contribution in [2.45, 2.75) is 19.3 Å². The SMILES string of the molecule is N#Cc1ccc(COc2ccc3c(n2)N2CCNCC2COC3)c(F)c1. The molecule has 0 spiro atoms. The molecule has 1 saturated heterocycles. The van der Waals surface area contributed by atoms with E-state index in [0.717, 1.165) is 31.0 Å². The molecule has 134 valence electrons. The first-order valence-electron chi connectivity index (χ1n) is 8.61. The molecule has 1 unspecified atom stereocenters. The highest BCUT2D eigenvalue weighted by molar-refractivity contribution is 5.51. The second-order valence-corrected chi connectivity index (χ2v) is 6.41. The zero-order valence-electron chi connectivity index (χ0n) is 14.2. The van der Waals surface area contributed by atoms with Crippen LogP contribution in [0.3, 0.4) is 0 Å². The minimum absolute atomic E-state index is 0.0603. The van der Waals surface area contributed by atoms with Gasteiger partial charge in [-0.1, -0.05) is 6.07 Å². The number of pyridine rings is 1. The minimum Gasteiger partial charge on any atom is -0.473 e. The van der Waals surface area contributed by atoms with Gasteiger partial charge in [-0.05, 0) is 18.2 Å². The monoisotopic (exact) mass is 354 g/mol. The minimum atomic E-state index is -0.450. The predicted molar refractivity (Wildman–Crippen MR) is 93.3 cm³/mol. The van der Waals surface area contributed by atoms with Crippen LogP contribution in [0, 0.1) is 17.1 Å². The number of aromatic nitrogens is 1. The summed E-state index contributed by atoms with van der Waals surface area (Å²) in [5.74, 6) is 0.882. The average Bonchev–Trinajstić information content (AvgIpc) is 2.86. The van der Waals surface area contributed by atoms with Crippen molar-refractivity contribution in [2.75, 3.05) is 31.1 Å². The topological polar surface area (TPSA) is 70.4 Å². The highest BCUT2D eigenvalue weighted by atomic mass is 19.1. The Bertz CT molecular complexity index is 852. The molecule has 1 aromatic heterocycles. The quantitative estimate of drug-likeness (QED) is 0.909. The van der Waals surface area contributed by atoms with Crippen molar-refractivity contribution < 1.29 is 13.9 Å². The van der Waals surface area contributed by atoms with Gasteiger partial charge in [-0.3, -0.25) is 0 Å². The van der Waals surface area contributed by atoms with Crippen LogP contribution in [-0.2, 0) is 18.0 Å². The van der Waals surface area contributed by atoms with Crippen LogP contribution < -0.4 is 15.0 Å². The van der Waals surface area contributed by atoms with E-state index in [2.05, 4.69) is 15.2 Å². The summed E-state index contributed by atoms with van der Waals surface area (Å²) in [6.07, 6.45) is 0. The number of fused-ring (bicyclic) bond motifs is 3. The molecule has 1 fully saturated rings. The summed E-state index contributed by atoms with van der Waals surface area (Å²) in [6, 6.07) is 10.3. The molecule has 26 heavy (non-hydrogen) atoms. The van der Waals surface area contributed by atoms with Crippen LogP contribution in [0.4, 0.5) is 10.2 Å². The number of ether oxygens (including phenoxy) is 2. The number of hydrogen-bond acceptors (Lipinski definition) is 6. The fraction of sp³-hybridized carbons (Fsp3) is 0.368. The van der Waals surface area contributed by atoms with Crippen molar-refractivity contribution in [1.29, 1.82) is 5.26 Å². The summed E-state index contributed by atoms with van der Waals surface area (Å²) < 4.78 is 25.5. The van der Waals surface area contributed by atoms with Crippen molar-refractivity contribution in [3.63, 3.8) is 0 Å². The van der Waals surface area contributed by atoms with Gasteiger partial charge in [-0.2, -0.15) is 10.2 Å². The highest BCUT2D eigenvalue weighted by Crippen LogP contribution is 2.28. The van der Waals surface area contributed by atoms with Gasteiger partial charge >= 0.3 is 0 Å². The number of hydrogen-bond donors (Lipinski definition) is 1. The normalized spacial score (nSPS) is 19.1. The fourth-order valence-corrected chi connectivity index (χ4v) is 3.28. The Labute approximate surface area is 151 Å². The fourth-order valence-electron chi connectivity index (χ4n) is 3.28. The molecule has 1 N–H and O–H groups in total. The number of nitriles is 1. The molecule has 0 saturated carbocycles. The van der Waals surface area contributed by atoms with E-state index < -0.39 is 5.82 Å². The molecule has 3 heterocycles. The van der Waals surface area contributed by atoms with Crippen LogP contribution in [0.1, 0.15) is 16.7 Å². The summed E-state index contributed by atoms with van der Waals surface area (Å²) in [5.41, 5.74) is 1.72. The van der Waals surface area contributed by atoms with Crippen LogP contribution in [0.5, 0.6) is 5.88 Å². The van der Waals surface area contributed by atoms with Crippen LogP contribution in [-0.4, -0.2) is 37.3 Å². The largest absolute Gasteiger partial charge is 0.473 e. The van der Waals surface area contributed by atoms with Gasteiger partial charge < -0.3 is 19.7 Å². The van der Waals surface area contributed by atoms with Crippen LogP contribution in [0.25, 0.3) is 0 Å². The molecule has 7 heteroatoms. The lowest BCUT2D eigenvalue weighted by Gasteiger charge is -2.35. The molecule has 0 bridgehead atoms. The van der Waals surface area contributed by atoms with Gasteiger partial charge in [0.25, 0.3) is 0 Å². The maximum atomic E-state index is 14.0. The van der Waals surface area contributed by atoms with E-state index in [-0.39, 0.29) is 12.6 Å². The lowest BCUT2D eigenvalue weighted by molar-refractivity contribution is 0.109. The Balaban J connectivity index is 1.53. The molecular formula is C19H19FN4O2. The third kappa shape index (κ3) is 3.34. The molecule has 2 aromatic rings. The standard InChI is InChI=1S/C19H19FN4O2/c20-17-7-13(8-21)1-2-14(17)11-26-18-4-3-15-10-25-12-16-9-22-5-6-24(16)19(15)23-18/h1-4,7,16,22H,5-6,9-12H2. The molecule has 0 aliphatic carbocycles. The first kappa shape index (κ1) is 16.8. The molecule has 0 amide bonds. The van der Waals surface area contributed by atoms with Crippen molar-refractivity contribution in [1.82, 2.24) is 10.3 Å². The Kier molecular flexibility index (Phi) is 4.69. The Morgan fingerprint density at radius 3 is 3.15 bits per heavy atom. The second kappa shape index (κ2) is 7.28. The van der Waals surface area contributed by atoms with Gasteiger partial charge in [0.2, 0.25) is 5.88 Å². The number of benzene rings is 1. The maximum Gasteiger partial charge on any atom is 0.215 e. The van der Waals surface area contributed by atoms with Crippen molar-refractivity contribution in [2.24, 2.45) is 0 Å².